The first-order valence-corrected chi connectivity index (χ1v) is 8.21. The molecular weight excluding hydrogens is 312 g/mol. The number of fused-ring (bicyclic) bond motifs is 1. The quantitative estimate of drug-likeness (QED) is 0.579. The minimum Gasteiger partial charge on any atom is -0.267 e. The van der Waals surface area contributed by atoms with Gasteiger partial charge in [0.2, 0.25) is 0 Å². The van der Waals surface area contributed by atoms with Crippen LogP contribution in [0.25, 0.3) is 22.2 Å². The van der Waals surface area contributed by atoms with Crippen LogP contribution >= 0.6 is 0 Å². The molecule has 0 saturated carbocycles. The van der Waals surface area contributed by atoms with Crippen LogP contribution in [0.5, 0.6) is 0 Å². The summed E-state index contributed by atoms with van der Waals surface area (Å²) < 4.78 is 0. The molecule has 0 aliphatic heterocycles. The zero-order valence-electron chi connectivity index (χ0n) is 14.5. The Balaban J connectivity index is 2.07. The number of amides is 1. The third-order valence-corrected chi connectivity index (χ3v) is 4.11. The minimum atomic E-state index is -0.242. The number of pyridine rings is 2. The molecule has 5 nitrogen and oxygen atoms in total. The van der Waals surface area contributed by atoms with Gasteiger partial charge in [-0.1, -0.05) is 32.0 Å². The fourth-order valence-electron chi connectivity index (χ4n) is 2.36. The summed E-state index contributed by atoms with van der Waals surface area (Å²) >= 11 is 0. The molecule has 0 radical (unpaired) electrons. The van der Waals surface area contributed by atoms with E-state index in [0.717, 1.165) is 27.9 Å². The topological polar surface area (TPSA) is 67.2 Å². The van der Waals surface area contributed by atoms with Gasteiger partial charge in [-0.25, -0.2) is 10.4 Å². The van der Waals surface area contributed by atoms with Crippen molar-refractivity contribution in [3.8, 4) is 11.3 Å². The molecule has 0 saturated heterocycles. The van der Waals surface area contributed by atoms with E-state index in [1.54, 1.807) is 18.5 Å². The number of hydrogen-bond acceptors (Lipinski definition) is 4. The highest BCUT2D eigenvalue weighted by molar-refractivity contribution is 6.07. The summed E-state index contributed by atoms with van der Waals surface area (Å²) in [6.45, 7) is 5.97. The standard InChI is InChI=1S/C20H20N4O/c1-13(2)14(3)23-24-20(25)17-12-19(15-8-10-21-11-9-15)22-18-7-5-4-6-16(17)18/h4-13H,1-3H3,(H,24,25). The van der Waals surface area contributed by atoms with Gasteiger partial charge >= 0.3 is 0 Å². The van der Waals surface area contributed by atoms with Crippen LogP contribution in [0.2, 0.25) is 0 Å². The second-order valence-corrected chi connectivity index (χ2v) is 6.16. The van der Waals surface area contributed by atoms with Crippen molar-refractivity contribution in [3.63, 3.8) is 0 Å². The minimum absolute atomic E-state index is 0.242. The average molecular weight is 332 g/mol. The maximum atomic E-state index is 12.7. The van der Waals surface area contributed by atoms with Crippen molar-refractivity contribution in [2.24, 2.45) is 11.0 Å². The van der Waals surface area contributed by atoms with E-state index >= 15 is 0 Å². The Morgan fingerprint density at radius 1 is 1.12 bits per heavy atom. The number of hydrazone groups is 1. The molecule has 0 fully saturated rings. The molecule has 5 heteroatoms. The van der Waals surface area contributed by atoms with Crippen LogP contribution in [-0.4, -0.2) is 21.6 Å². The molecule has 3 aromatic rings. The van der Waals surface area contributed by atoms with Crippen molar-refractivity contribution >= 4 is 22.5 Å². The first-order valence-electron chi connectivity index (χ1n) is 8.21. The van der Waals surface area contributed by atoms with Crippen molar-refractivity contribution in [2.75, 3.05) is 0 Å². The Morgan fingerprint density at radius 3 is 2.56 bits per heavy atom. The Bertz CT molecular complexity index is 933. The Kier molecular flexibility index (Phi) is 4.84. The van der Waals surface area contributed by atoms with E-state index in [-0.39, 0.29) is 11.8 Å². The zero-order chi connectivity index (χ0) is 17.8. The molecule has 3 rings (SSSR count). The smallest absolute Gasteiger partial charge is 0.267 e. The summed E-state index contributed by atoms with van der Waals surface area (Å²) in [5.74, 6) is 0.0378. The van der Waals surface area contributed by atoms with E-state index in [0.29, 0.717) is 5.56 Å². The molecule has 0 bridgehead atoms. The van der Waals surface area contributed by atoms with Crippen LogP contribution in [0.1, 0.15) is 31.1 Å². The van der Waals surface area contributed by atoms with Gasteiger partial charge in [-0.15, -0.1) is 0 Å². The fourth-order valence-corrected chi connectivity index (χ4v) is 2.36. The van der Waals surface area contributed by atoms with Crippen molar-refractivity contribution in [3.05, 3.63) is 60.4 Å². The normalized spacial score (nSPS) is 11.8. The Morgan fingerprint density at radius 2 is 1.84 bits per heavy atom. The lowest BCUT2D eigenvalue weighted by atomic mass is 10.0. The highest BCUT2D eigenvalue weighted by atomic mass is 16.2. The van der Waals surface area contributed by atoms with Gasteiger partial charge in [-0.3, -0.25) is 9.78 Å². The molecule has 2 heterocycles. The molecule has 1 aromatic carbocycles. The Hall–Kier alpha value is -3.08. The molecule has 1 amide bonds. The molecule has 0 atom stereocenters. The molecule has 126 valence electrons. The first kappa shape index (κ1) is 16.8. The van der Waals surface area contributed by atoms with Crippen LogP contribution in [0, 0.1) is 5.92 Å². The molecular formula is C20H20N4O. The van der Waals surface area contributed by atoms with E-state index in [1.165, 1.54) is 0 Å². The van der Waals surface area contributed by atoms with Crippen LogP contribution in [0.15, 0.2) is 60.0 Å². The molecule has 0 aliphatic carbocycles. The summed E-state index contributed by atoms with van der Waals surface area (Å²) in [5, 5.41) is 5.00. The van der Waals surface area contributed by atoms with E-state index in [1.807, 2.05) is 57.2 Å². The third-order valence-electron chi connectivity index (χ3n) is 4.11. The van der Waals surface area contributed by atoms with Gasteiger partial charge < -0.3 is 0 Å². The number of rotatable bonds is 4. The lowest BCUT2D eigenvalue weighted by molar-refractivity contribution is 0.0956. The number of nitrogens with zero attached hydrogens (tertiary/aromatic N) is 3. The van der Waals surface area contributed by atoms with Crippen LogP contribution in [-0.2, 0) is 0 Å². The van der Waals surface area contributed by atoms with E-state index < -0.39 is 0 Å². The first-order chi connectivity index (χ1) is 12.1. The van der Waals surface area contributed by atoms with Crippen molar-refractivity contribution in [2.45, 2.75) is 20.8 Å². The predicted octanol–water partition coefficient (Wildman–Crippen LogP) is 4.06. The molecule has 2 aromatic heterocycles. The van der Waals surface area contributed by atoms with Crippen molar-refractivity contribution in [1.29, 1.82) is 0 Å². The largest absolute Gasteiger partial charge is 0.272 e. The SMILES string of the molecule is CC(=NNC(=O)c1cc(-c2ccncc2)nc2ccccc12)C(C)C. The monoisotopic (exact) mass is 332 g/mol. The molecule has 0 unspecified atom stereocenters. The van der Waals surface area contributed by atoms with Crippen molar-refractivity contribution < 1.29 is 4.79 Å². The highest BCUT2D eigenvalue weighted by Gasteiger charge is 2.14. The van der Waals surface area contributed by atoms with Gasteiger partial charge in [-0.2, -0.15) is 5.10 Å². The Labute approximate surface area is 146 Å². The van der Waals surface area contributed by atoms with Crippen LogP contribution in [0.4, 0.5) is 0 Å². The van der Waals surface area contributed by atoms with Gasteiger partial charge in [-0.05, 0) is 37.1 Å². The number of para-hydroxylation sites is 1. The summed E-state index contributed by atoms with van der Waals surface area (Å²) in [5.41, 5.74) is 6.50. The zero-order valence-corrected chi connectivity index (χ0v) is 14.5. The second-order valence-electron chi connectivity index (χ2n) is 6.16. The summed E-state index contributed by atoms with van der Waals surface area (Å²) in [7, 11) is 0. The van der Waals surface area contributed by atoms with Gasteiger partial charge in [0, 0.05) is 29.1 Å². The highest BCUT2D eigenvalue weighted by Crippen LogP contribution is 2.24. The lowest BCUT2D eigenvalue weighted by Gasteiger charge is -2.10. The number of carbonyl (C=O) groups is 1. The predicted molar refractivity (Wildman–Crippen MR) is 100 cm³/mol. The molecule has 0 spiro atoms. The van der Waals surface area contributed by atoms with Gasteiger partial charge in [0.1, 0.15) is 0 Å². The van der Waals surface area contributed by atoms with E-state index in [9.17, 15) is 4.79 Å². The fraction of sp³-hybridized carbons (Fsp3) is 0.200. The van der Waals surface area contributed by atoms with E-state index in [2.05, 4.69) is 20.5 Å². The molecule has 25 heavy (non-hydrogen) atoms. The van der Waals surface area contributed by atoms with Crippen LogP contribution < -0.4 is 5.43 Å². The van der Waals surface area contributed by atoms with E-state index in [4.69, 9.17) is 0 Å². The number of hydrogen-bond donors (Lipinski definition) is 1. The number of nitrogens with one attached hydrogen (secondary N) is 1. The summed E-state index contributed by atoms with van der Waals surface area (Å²) in [4.78, 5) is 21.4. The summed E-state index contributed by atoms with van der Waals surface area (Å²) in [6.07, 6.45) is 3.42. The van der Waals surface area contributed by atoms with Gasteiger partial charge in [0.15, 0.2) is 0 Å². The number of aromatic nitrogens is 2. The number of benzene rings is 1. The lowest BCUT2D eigenvalue weighted by Crippen LogP contribution is -2.21. The van der Waals surface area contributed by atoms with Gasteiger partial charge in [0.25, 0.3) is 5.91 Å². The van der Waals surface area contributed by atoms with Crippen molar-refractivity contribution in [1.82, 2.24) is 15.4 Å². The summed E-state index contributed by atoms with van der Waals surface area (Å²) in [6, 6.07) is 13.2. The third kappa shape index (κ3) is 3.71. The molecule has 0 aliphatic rings. The van der Waals surface area contributed by atoms with Gasteiger partial charge in [0.05, 0.1) is 16.8 Å². The maximum absolute atomic E-state index is 12.7. The molecule has 1 N–H and O–H groups in total. The second kappa shape index (κ2) is 7.21. The average Bonchev–Trinajstić information content (AvgIpc) is 2.65. The number of carbonyl (C=O) groups excluding carboxylic acids is 1. The van der Waals surface area contributed by atoms with Crippen LogP contribution in [0.3, 0.4) is 0 Å². The maximum Gasteiger partial charge on any atom is 0.272 e.